The molecule has 1 aliphatic carbocycles. The lowest BCUT2D eigenvalue weighted by Crippen LogP contribution is -2.15. The predicted octanol–water partition coefficient (Wildman–Crippen LogP) is 3.57. The Morgan fingerprint density at radius 3 is 2.32 bits per heavy atom. The molecule has 1 saturated carbocycles. The Bertz CT molecular complexity index is 859. The summed E-state index contributed by atoms with van der Waals surface area (Å²) >= 11 is 0. The first kappa shape index (κ1) is 16.1. The number of sulfonamides is 1. The average Bonchev–Trinajstić information content (AvgIpc) is 3.27. The third-order valence-corrected chi connectivity index (χ3v) is 5.90. The highest BCUT2D eigenvalue weighted by molar-refractivity contribution is 7.92. The molecule has 132 valence electrons. The SMILES string of the molecule is O=S(=O)(Nc1ccc(NC2CCCC2)cc1)c1ccc2c(c1)OCO2. The molecule has 0 bridgehead atoms. The standard InChI is InChI=1S/C18H20N2O4S/c21-25(22,16-9-10-17-18(11-16)24-12-23-17)20-15-7-5-14(6-8-15)19-13-3-1-2-4-13/h5-11,13,19-20H,1-4,12H2. The molecule has 2 aromatic rings. The summed E-state index contributed by atoms with van der Waals surface area (Å²) in [5.74, 6) is 1.00. The zero-order valence-corrected chi connectivity index (χ0v) is 14.5. The monoisotopic (exact) mass is 360 g/mol. The minimum atomic E-state index is -3.68. The van der Waals surface area contributed by atoms with Crippen molar-refractivity contribution in [2.75, 3.05) is 16.8 Å². The Morgan fingerprint density at radius 2 is 1.56 bits per heavy atom. The molecular weight excluding hydrogens is 340 g/mol. The van der Waals surface area contributed by atoms with Crippen LogP contribution in [0.1, 0.15) is 25.7 Å². The maximum Gasteiger partial charge on any atom is 0.262 e. The van der Waals surface area contributed by atoms with Crippen molar-refractivity contribution in [1.82, 2.24) is 0 Å². The van der Waals surface area contributed by atoms with Crippen LogP contribution in [0.4, 0.5) is 11.4 Å². The molecular formula is C18H20N2O4S. The summed E-state index contributed by atoms with van der Waals surface area (Å²) in [6.45, 7) is 0.113. The number of hydrogen-bond donors (Lipinski definition) is 2. The van der Waals surface area contributed by atoms with Gasteiger partial charge in [-0.3, -0.25) is 4.72 Å². The zero-order valence-electron chi connectivity index (χ0n) is 13.7. The number of hydrogen-bond acceptors (Lipinski definition) is 5. The third-order valence-electron chi connectivity index (χ3n) is 4.52. The molecule has 0 spiro atoms. The van der Waals surface area contributed by atoms with Crippen LogP contribution < -0.4 is 19.5 Å². The van der Waals surface area contributed by atoms with Gasteiger partial charge in [-0.25, -0.2) is 8.42 Å². The summed E-state index contributed by atoms with van der Waals surface area (Å²) in [5, 5.41) is 3.48. The lowest BCUT2D eigenvalue weighted by atomic mass is 10.2. The van der Waals surface area contributed by atoms with E-state index in [9.17, 15) is 8.42 Å². The number of ether oxygens (including phenoxy) is 2. The van der Waals surface area contributed by atoms with E-state index >= 15 is 0 Å². The molecule has 1 fully saturated rings. The molecule has 6 nitrogen and oxygen atoms in total. The van der Waals surface area contributed by atoms with E-state index in [1.54, 1.807) is 18.2 Å². The Balaban J connectivity index is 1.47. The van der Waals surface area contributed by atoms with E-state index < -0.39 is 10.0 Å². The van der Waals surface area contributed by atoms with Crippen molar-refractivity contribution in [2.24, 2.45) is 0 Å². The molecule has 0 aromatic heterocycles. The second-order valence-corrected chi connectivity index (χ2v) is 8.01. The van der Waals surface area contributed by atoms with Crippen LogP contribution in [0.15, 0.2) is 47.4 Å². The summed E-state index contributed by atoms with van der Waals surface area (Å²) in [7, 11) is -3.68. The first-order valence-electron chi connectivity index (χ1n) is 8.39. The topological polar surface area (TPSA) is 76.7 Å². The molecule has 4 rings (SSSR count). The lowest BCUT2D eigenvalue weighted by molar-refractivity contribution is 0.174. The second kappa shape index (κ2) is 6.48. The van der Waals surface area contributed by atoms with Gasteiger partial charge in [0.05, 0.1) is 4.90 Å². The van der Waals surface area contributed by atoms with Crippen molar-refractivity contribution in [3.63, 3.8) is 0 Å². The van der Waals surface area contributed by atoms with E-state index in [1.807, 2.05) is 12.1 Å². The van der Waals surface area contributed by atoms with Crippen LogP contribution in [0, 0.1) is 0 Å². The zero-order chi connectivity index (χ0) is 17.3. The molecule has 0 atom stereocenters. The molecule has 0 saturated heterocycles. The van der Waals surface area contributed by atoms with Gasteiger partial charge in [-0.1, -0.05) is 12.8 Å². The van der Waals surface area contributed by atoms with Crippen molar-refractivity contribution < 1.29 is 17.9 Å². The Hall–Kier alpha value is -2.41. The van der Waals surface area contributed by atoms with Gasteiger partial charge < -0.3 is 14.8 Å². The maximum absolute atomic E-state index is 12.5. The van der Waals surface area contributed by atoms with Crippen molar-refractivity contribution in [3.8, 4) is 11.5 Å². The third kappa shape index (κ3) is 3.51. The van der Waals surface area contributed by atoms with Gasteiger partial charge in [-0.05, 0) is 49.2 Å². The van der Waals surface area contributed by atoms with Crippen LogP contribution in [0.3, 0.4) is 0 Å². The average molecular weight is 360 g/mol. The first-order chi connectivity index (χ1) is 12.1. The second-order valence-electron chi connectivity index (χ2n) is 6.32. The van der Waals surface area contributed by atoms with Crippen LogP contribution in [-0.4, -0.2) is 21.3 Å². The quantitative estimate of drug-likeness (QED) is 0.852. The minimum Gasteiger partial charge on any atom is -0.454 e. The van der Waals surface area contributed by atoms with Gasteiger partial charge >= 0.3 is 0 Å². The highest BCUT2D eigenvalue weighted by atomic mass is 32.2. The van der Waals surface area contributed by atoms with E-state index in [1.165, 1.54) is 37.8 Å². The van der Waals surface area contributed by atoms with Gasteiger partial charge in [0.25, 0.3) is 10.0 Å². The van der Waals surface area contributed by atoms with E-state index in [4.69, 9.17) is 9.47 Å². The lowest BCUT2D eigenvalue weighted by Gasteiger charge is -2.14. The number of rotatable bonds is 5. The van der Waals surface area contributed by atoms with Crippen molar-refractivity contribution in [1.29, 1.82) is 0 Å². The summed E-state index contributed by atoms with van der Waals surface area (Å²) < 4.78 is 38.1. The fourth-order valence-electron chi connectivity index (χ4n) is 3.20. The largest absolute Gasteiger partial charge is 0.454 e. The molecule has 1 aliphatic heterocycles. The highest BCUT2D eigenvalue weighted by Gasteiger charge is 2.20. The maximum atomic E-state index is 12.5. The van der Waals surface area contributed by atoms with Gasteiger partial charge in [-0.15, -0.1) is 0 Å². The molecule has 2 aliphatic rings. The smallest absolute Gasteiger partial charge is 0.262 e. The molecule has 0 radical (unpaired) electrons. The molecule has 1 heterocycles. The van der Waals surface area contributed by atoms with Crippen LogP contribution in [0.25, 0.3) is 0 Å². The molecule has 2 aromatic carbocycles. The predicted molar refractivity (Wildman–Crippen MR) is 95.7 cm³/mol. The summed E-state index contributed by atoms with van der Waals surface area (Å²) in [6.07, 6.45) is 4.92. The van der Waals surface area contributed by atoms with Gasteiger partial charge in [-0.2, -0.15) is 0 Å². The Morgan fingerprint density at radius 1 is 0.880 bits per heavy atom. The number of benzene rings is 2. The Kier molecular flexibility index (Phi) is 4.17. The van der Waals surface area contributed by atoms with Gasteiger partial charge in [0.2, 0.25) is 6.79 Å². The summed E-state index contributed by atoms with van der Waals surface area (Å²) in [4.78, 5) is 0.143. The molecule has 25 heavy (non-hydrogen) atoms. The molecule has 0 unspecified atom stereocenters. The van der Waals surface area contributed by atoms with Gasteiger partial charge in [0, 0.05) is 23.5 Å². The number of anilines is 2. The van der Waals surface area contributed by atoms with Gasteiger partial charge in [0.15, 0.2) is 11.5 Å². The normalized spacial score (nSPS) is 16.8. The van der Waals surface area contributed by atoms with Crippen LogP contribution in [0.5, 0.6) is 11.5 Å². The van der Waals surface area contributed by atoms with Crippen LogP contribution in [-0.2, 0) is 10.0 Å². The van der Waals surface area contributed by atoms with Crippen molar-refractivity contribution >= 4 is 21.4 Å². The van der Waals surface area contributed by atoms with Crippen molar-refractivity contribution in [3.05, 3.63) is 42.5 Å². The highest BCUT2D eigenvalue weighted by Crippen LogP contribution is 2.34. The summed E-state index contributed by atoms with van der Waals surface area (Å²) in [5.41, 5.74) is 1.53. The van der Waals surface area contributed by atoms with Gasteiger partial charge in [0.1, 0.15) is 0 Å². The minimum absolute atomic E-state index is 0.113. The first-order valence-corrected chi connectivity index (χ1v) is 9.87. The Labute approximate surface area is 147 Å². The van der Waals surface area contributed by atoms with Crippen LogP contribution in [0.2, 0.25) is 0 Å². The van der Waals surface area contributed by atoms with E-state index in [2.05, 4.69) is 10.0 Å². The molecule has 7 heteroatoms. The van der Waals surface area contributed by atoms with E-state index in [-0.39, 0.29) is 11.7 Å². The number of fused-ring (bicyclic) bond motifs is 1. The van der Waals surface area contributed by atoms with E-state index in [0.29, 0.717) is 23.2 Å². The fraction of sp³-hybridized carbons (Fsp3) is 0.333. The summed E-state index contributed by atoms with van der Waals surface area (Å²) in [6, 6.07) is 12.4. The molecule has 2 N–H and O–H groups in total. The van der Waals surface area contributed by atoms with Crippen LogP contribution >= 0.6 is 0 Å². The molecule has 0 amide bonds. The van der Waals surface area contributed by atoms with Crippen molar-refractivity contribution in [2.45, 2.75) is 36.6 Å². The fourth-order valence-corrected chi connectivity index (χ4v) is 4.27. The van der Waals surface area contributed by atoms with E-state index in [0.717, 1.165) is 5.69 Å². The number of nitrogens with one attached hydrogen (secondary N) is 2.